The fourth-order valence-electron chi connectivity index (χ4n) is 2.31. The molecule has 0 aliphatic carbocycles. The number of benzene rings is 1. The number of amides is 2. The third-order valence-electron chi connectivity index (χ3n) is 3.82. The van der Waals surface area contributed by atoms with E-state index in [4.69, 9.17) is 4.74 Å². The number of rotatable bonds is 7. The van der Waals surface area contributed by atoms with E-state index in [1.165, 1.54) is 19.2 Å². The maximum Gasteiger partial charge on any atom is 0.295 e. The second kappa shape index (κ2) is 9.31. The summed E-state index contributed by atoms with van der Waals surface area (Å²) in [5, 5.41) is 5.56. The minimum absolute atomic E-state index is 0.170. The molecule has 0 aliphatic rings. The molecule has 8 heteroatoms. The lowest BCUT2D eigenvalue weighted by Gasteiger charge is -2.17. The van der Waals surface area contributed by atoms with E-state index in [0.717, 1.165) is 5.56 Å². The topological polar surface area (TPSA) is 80.3 Å². The zero-order chi connectivity index (χ0) is 20.9. The summed E-state index contributed by atoms with van der Waals surface area (Å²) in [5.74, 6) is 0.0825. The van der Waals surface area contributed by atoms with Crippen LogP contribution < -0.4 is 15.4 Å². The molecule has 1 aromatic carbocycles. The van der Waals surface area contributed by atoms with Crippen molar-refractivity contribution in [2.75, 3.05) is 5.32 Å². The molecule has 2 N–H and O–H groups in total. The van der Waals surface area contributed by atoms with Gasteiger partial charge in [0.25, 0.3) is 9.77 Å². The van der Waals surface area contributed by atoms with E-state index in [0.29, 0.717) is 17.1 Å². The molecule has 0 saturated carbocycles. The van der Waals surface area contributed by atoms with Crippen LogP contribution in [0.2, 0.25) is 0 Å². The molecule has 28 heavy (non-hydrogen) atoms. The second-order valence-electron chi connectivity index (χ2n) is 6.75. The molecule has 6 nitrogen and oxygen atoms in total. The lowest BCUT2D eigenvalue weighted by molar-refractivity contribution is -0.118. The fourth-order valence-corrected chi connectivity index (χ4v) is 2.56. The quantitative estimate of drug-likeness (QED) is 0.431. The SMILES string of the molecule is CC(C)C(=O)Nc1cc(C(=O)N[C@H](C)c2ccc(OC(C)(F)I)cc2)ccn1. The average Bonchev–Trinajstić information content (AvgIpc) is 2.61. The van der Waals surface area contributed by atoms with Crippen LogP contribution in [0.25, 0.3) is 0 Å². The molecule has 2 amide bonds. The lowest BCUT2D eigenvalue weighted by Crippen LogP contribution is -2.27. The summed E-state index contributed by atoms with van der Waals surface area (Å²) in [7, 11) is 0. The molecule has 0 radical (unpaired) electrons. The maximum atomic E-state index is 13.5. The van der Waals surface area contributed by atoms with E-state index in [9.17, 15) is 14.0 Å². The Kier molecular flexibility index (Phi) is 7.34. The number of nitrogens with zero attached hydrogens (tertiary/aromatic N) is 1. The van der Waals surface area contributed by atoms with Crippen molar-refractivity contribution in [2.45, 2.75) is 37.6 Å². The van der Waals surface area contributed by atoms with Crippen LogP contribution >= 0.6 is 22.6 Å². The average molecular weight is 499 g/mol. The maximum absolute atomic E-state index is 13.5. The molecular weight excluding hydrogens is 476 g/mol. The zero-order valence-electron chi connectivity index (χ0n) is 16.1. The van der Waals surface area contributed by atoms with Crippen molar-refractivity contribution in [3.63, 3.8) is 0 Å². The Morgan fingerprint density at radius 2 is 1.82 bits per heavy atom. The second-order valence-corrected chi connectivity index (χ2v) is 8.67. The Bertz CT molecular complexity index is 835. The number of hydrogen-bond donors (Lipinski definition) is 2. The van der Waals surface area contributed by atoms with Gasteiger partial charge in [-0.15, -0.1) is 0 Å². The number of alkyl halides is 2. The van der Waals surface area contributed by atoms with E-state index in [-0.39, 0.29) is 23.8 Å². The van der Waals surface area contributed by atoms with Gasteiger partial charge in [0.05, 0.1) is 6.04 Å². The van der Waals surface area contributed by atoms with Crippen molar-refractivity contribution in [1.29, 1.82) is 0 Å². The van der Waals surface area contributed by atoms with Crippen molar-refractivity contribution in [1.82, 2.24) is 10.3 Å². The van der Waals surface area contributed by atoms with E-state index in [1.807, 2.05) is 6.92 Å². The largest absolute Gasteiger partial charge is 0.450 e. The Labute approximate surface area is 177 Å². The summed E-state index contributed by atoms with van der Waals surface area (Å²) in [5.41, 5.74) is 1.23. The monoisotopic (exact) mass is 499 g/mol. The van der Waals surface area contributed by atoms with Gasteiger partial charge in [-0.3, -0.25) is 9.59 Å². The molecule has 0 bridgehead atoms. The van der Waals surface area contributed by atoms with Gasteiger partial charge in [-0.05, 0) is 36.8 Å². The van der Waals surface area contributed by atoms with Crippen LogP contribution in [0.15, 0.2) is 42.6 Å². The molecule has 0 aliphatic heterocycles. The zero-order valence-corrected chi connectivity index (χ0v) is 18.3. The molecule has 1 heterocycles. The number of aromatic nitrogens is 1. The summed E-state index contributed by atoms with van der Waals surface area (Å²) in [4.78, 5) is 28.4. The summed E-state index contributed by atoms with van der Waals surface area (Å²) in [6.07, 6.45) is 1.47. The minimum Gasteiger partial charge on any atom is -0.450 e. The molecule has 2 aromatic rings. The van der Waals surface area contributed by atoms with Crippen LogP contribution in [0.4, 0.5) is 10.2 Å². The molecule has 150 valence electrons. The Morgan fingerprint density at radius 3 is 2.39 bits per heavy atom. The van der Waals surface area contributed by atoms with Crippen LogP contribution in [0.1, 0.15) is 49.7 Å². The van der Waals surface area contributed by atoms with Crippen LogP contribution in [0, 0.1) is 5.92 Å². The van der Waals surface area contributed by atoms with Crippen LogP contribution in [0.5, 0.6) is 5.75 Å². The Balaban J connectivity index is 2.03. The van der Waals surface area contributed by atoms with E-state index in [1.54, 1.807) is 66.8 Å². The van der Waals surface area contributed by atoms with Crippen molar-refractivity contribution in [3.05, 3.63) is 53.7 Å². The molecule has 1 aromatic heterocycles. The molecule has 2 atom stereocenters. The van der Waals surface area contributed by atoms with Crippen molar-refractivity contribution < 1.29 is 18.7 Å². The van der Waals surface area contributed by atoms with Crippen LogP contribution in [-0.4, -0.2) is 20.7 Å². The minimum atomic E-state index is -1.79. The van der Waals surface area contributed by atoms with Gasteiger partial charge in [-0.2, -0.15) is 4.39 Å². The highest BCUT2D eigenvalue weighted by Crippen LogP contribution is 2.26. The number of carbonyl (C=O) groups excluding carboxylic acids is 2. The summed E-state index contributed by atoms with van der Waals surface area (Å²) in [6.45, 7) is 6.71. The van der Waals surface area contributed by atoms with Crippen molar-refractivity contribution in [2.24, 2.45) is 5.92 Å². The molecular formula is C20H23FIN3O3. The van der Waals surface area contributed by atoms with Crippen molar-refractivity contribution in [3.8, 4) is 5.75 Å². The summed E-state index contributed by atoms with van der Waals surface area (Å²) < 4.78 is 16.9. The highest BCUT2D eigenvalue weighted by atomic mass is 127. The van der Waals surface area contributed by atoms with Gasteiger partial charge in [-0.1, -0.05) is 26.0 Å². The molecule has 1 unspecified atom stereocenters. The normalized spacial score (nSPS) is 14.1. The number of halogens is 2. The number of nitrogens with one attached hydrogen (secondary N) is 2. The van der Waals surface area contributed by atoms with Crippen LogP contribution in [-0.2, 0) is 4.79 Å². The number of anilines is 1. The standard InChI is InChI=1S/C20H23FIN3O3/c1-12(2)18(26)25-17-11-15(9-10-23-17)19(27)24-13(3)14-5-7-16(8-6-14)28-20(4,21)22/h5-13H,1-4H3,(H,24,27)(H,23,25,26)/t13-,20?/m1/s1. The number of carbonyl (C=O) groups is 2. The Morgan fingerprint density at radius 1 is 1.18 bits per heavy atom. The summed E-state index contributed by atoms with van der Waals surface area (Å²) >= 11 is 1.56. The van der Waals surface area contributed by atoms with E-state index < -0.39 is 3.86 Å². The third kappa shape index (κ3) is 6.74. The number of hydrogen-bond acceptors (Lipinski definition) is 4. The Hall–Kier alpha value is -2.23. The van der Waals surface area contributed by atoms with Gasteiger partial charge < -0.3 is 15.4 Å². The first kappa shape index (κ1) is 22.1. The van der Waals surface area contributed by atoms with E-state index in [2.05, 4.69) is 15.6 Å². The van der Waals surface area contributed by atoms with E-state index >= 15 is 0 Å². The predicted molar refractivity (Wildman–Crippen MR) is 114 cm³/mol. The van der Waals surface area contributed by atoms with Gasteiger partial charge >= 0.3 is 0 Å². The molecule has 0 saturated heterocycles. The third-order valence-corrected chi connectivity index (χ3v) is 4.04. The first-order chi connectivity index (χ1) is 13.0. The molecule has 2 rings (SSSR count). The van der Waals surface area contributed by atoms with Gasteiger partial charge in [-0.25, -0.2) is 4.98 Å². The molecule has 0 fully saturated rings. The van der Waals surface area contributed by atoms with Gasteiger partial charge in [0.1, 0.15) is 11.6 Å². The smallest absolute Gasteiger partial charge is 0.295 e. The van der Waals surface area contributed by atoms with Gasteiger partial charge in [0.15, 0.2) is 0 Å². The van der Waals surface area contributed by atoms with Crippen molar-refractivity contribution >= 4 is 40.2 Å². The van der Waals surface area contributed by atoms with Crippen LogP contribution in [0.3, 0.4) is 0 Å². The first-order valence-electron chi connectivity index (χ1n) is 8.80. The highest BCUT2D eigenvalue weighted by molar-refractivity contribution is 14.1. The molecule has 0 spiro atoms. The highest BCUT2D eigenvalue weighted by Gasteiger charge is 2.20. The fraction of sp³-hybridized carbons (Fsp3) is 0.350. The number of pyridine rings is 1. The predicted octanol–water partition coefficient (Wildman–Crippen LogP) is 4.62. The van der Waals surface area contributed by atoms with Gasteiger partial charge in [0, 0.05) is 47.2 Å². The first-order valence-corrected chi connectivity index (χ1v) is 9.87. The van der Waals surface area contributed by atoms with Gasteiger partial charge in [0.2, 0.25) is 5.91 Å². The summed E-state index contributed by atoms with van der Waals surface area (Å²) in [6, 6.07) is 9.67. The lowest BCUT2D eigenvalue weighted by atomic mass is 10.1. The number of ether oxygens (including phenoxy) is 1.